The van der Waals surface area contributed by atoms with Crippen LogP contribution in [-0.2, 0) is 4.79 Å². The number of amides is 1. The van der Waals surface area contributed by atoms with Crippen LogP contribution in [0.25, 0.3) is 27.7 Å². The number of alkyl halides is 3. The smallest absolute Gasteiger partial charge is 0.406 e. The summed E-state index contributed by atoms with van der Waals surface area (Å²) in [5.74, 6) is 0.250. The Morgan fingerprint density at radius 2 is 1.83 bits per heavy atom. The van der Waals surface area contributed by atoms with Crippen LogP contribution in [0.4, 0.5) is 18.9 Å². The van der Waals surface area contributed by atoms with E-state index in [9.17, 15) is 18.0 Å². The number of anilines is 1. The highest BCUT2D eigenvalue weighted by Crippen LogP contribution is 2.33. The molecule has 0 radical (unpaired) electrons. The van der Waals surface area contributed by atoms with Crippen molar-refractivity contribution >= 4 is 51.2 Å². The molecule has 42 heavy (non-hydrogen) atoms. The van der Waals surface area contributed by atoms with Crippen LogP contribution in [-0.4, -0.2) is 38.8 Å². The van der Waals surface area contributed by atoms with Crippen molar-refractivity contribution in [3.05, 3.63) is 96.3 Å². The number of para-hydroxylation sites is 1. The van der Waals surface area contributed by atoms with Gasteiger partial charge in [-0.25, -0.2) is 4.98 Å². The minimum absolute atomic E-state index is 0.0265. The fourth-order valence-corrected chi connectivity index (χ4v) is 5.72. The Balaban J connectivity index is 1.25. The highest BCUT2D eigenvalue weighted by Gasteiger charge is 2.32. The number of hydrogen-bond donors (Lipinski definition) is 0. The lowest BCUT2D eigenvalue weighted by Crippen LogP contribution is -2.30. The van der Waals surface area contributed by atoms with Gasteiger partial charge in [0.05, 0.1) is 29.5 Å². The summed E-state index contributed by atoms with van der Waals surface area (Å²) in [6.45, 7) is 4.18. The zero-order chi connectivity index (χ0) is 29.4. The molecule has 2 aromatic heterocycles. The number of hydrogen-bond acceptors (Lipinski definition) is 6. The first-order valence-corrected chi connectivity index (χ1v) is 14.1. The van der Waals surface area contributed by atoms with Crippen LogP contribution < -0.4 is 9.64 Å². The number of fused-ring (bicyclic) bond motifs is 3. The first-order valence-electron chi connectivity index (χ1n) is 13.1. The normalized spacial score (nSPS) is 15.2. The standard InChI is InChI=1S/C31H24F3N5O2S/c1-19(2)24-5-3-4-6-26(24)39-28(40)18-42-30(39)37-36-16-20-7-12-25-22(15-20)13-14-38-27(17-35-29(25)38)21-8-10-23(11-9-21)41-31(32,33)34/h3-17,19H,18H2,1-2H3. The molecule has 1 aliphatic rings. The van der Waals surface area contributed by atoms with Crippen molar-refractivity contribution in [2.24, 2.45) is 10.2 Å². The Morgan fingerprint density at radius 3 is 2.60 bits per heavy atom. The number of aromatic nitrogens is 2. The van der Waals surface area contributed by atoms with Crippen LogP contribution in [0, 0.1) is 0 Å². The van der Waals surface area contributed by atoms with Crippen LogP contribution in [0.3, 0.4) is 0 Å². The van der Waals surface area contributed by atoms with Gasteiger partial charge in [0, 0.05) is 17.1 Å². The predicted molar refractivity (Wildman–Crippen MR) is 160 cm³/mol. The maximum absolute atomic E-state index is 12.7. The third-order valence-electron chi connectivity index (χ3n) is 6.82. The van der Waals surface area contributed by atoms with Crippen molar-refractivity contribution < 1.29 is 22.7 Å². The van der Waals surface area contributed by atoms with E-state index < -0.39 is 6.36 Å². The topological polar surface area (TPSA) is 71.6 Å². The van der Waals surface area contributed by atoms with Crippen molar-refractivity contribution in [3.8, 4) is 17.0 Å². The summed E-state index contributed by atoms with van der Waals surface area (Å²) in [5, 5.41) is 11.1. The Hall–Kier alpha value is -4.64. The molecule has 1 fully saturated rings. The van der Waals surface area contributed by atoms with Gasteiger partial charge in [0.2, 0.25) is 5.91 Å². The lowest BCUT2D eigenvalue weighted by atomic mass is 10.0. The minimum atomic E-state index is -4.74. The van der Waals surface area contributed by atoms with E-state index in [0.717, 1.165) is 33.3 Å². The zero-order valence-corrected chi connectivity index (χ0v) is 23.4. The lowest BCUT2D eigenvalue weighted by Gasteiger charge is -2.20. The summed E-state index contributed by atoms with van der Waals surface area (Å²) in [5.41, 5.74) is 4.87. The Bertz CT molecular complexity index is 1860. The summed E-state index contributed by atoms with van der Waals surface area (Å²) in [6.07, 6.45) is 0.457. The van der Waals surface area contributed by atoms with E-state index in [-0.39, 0.29) is 17.6 Å². The van der Waals surface area contributed by atoms with Gasteiger partial charge >= 0.3 is 6.36 Å². The molecule has 212 valence electrons. The van der Waals surface area contributed by atoms with E-state index in [1.807, 2.05) is 59.1 Å². The first-order chi connectivity index (χ1) is 20.2. The van der Waals surface area contributed by atoms with E-state index in [1.54, 1.807) is 29.4 Å². The first kappa shape index (κ1) is 27.5. The Morgan fingerprint density at radius 1 is 1.05 bits per heavy atom. The number of nitrogens with zero attached hydrogens (tertiary/aromatic N) is 5. The molecule has 0 saturated carbocycles. The SMILES string of the molecule is CC(C)c1ccccc1N1C(=O)CSC1=NN=Cc1ccc2c(ccn3c(-c4ccc(OC(F)(F)F)cc4)cnc23)c1. The zero-order valence-electron chi connectivity index (χ0n) is 22.5. The molecule has 0 bridgehead atoms. The average molecular weight is 588 g/mol. The number of pyridine rings is 1. The molecule has 11 heteroatoms. The van der Waals surface area contributed by atoms with Crippen molar-refractivity contribution in [3.63, 3.8) is 0 Å². The summed E-state index contributed by atoms with van der Waals surface area (Å²) < 4.78 is 43.4. The van der Waals surface area contributed by atoms with Gasteiger partial charge in [0.1, 0.15) is 11.4 Å². The van der Waals surface area contributed by atoms with Gasteiger partial charge in [-0.3, -0.25) is 14.1 Å². The summed E-state index contributed by atoms with van der Waals surface area (Å²) in [4.78, 5) is 18.9. The fraction of sp³-hybridized carbons (Fsp3) is 0.161. The van der Waals surface area contributed by atoms with E-state index in [4.69, 9.17) is 0 Å². The molecular weight excluding hydrogens is 563 g/mol. The molecular formula is C31H24F3N5O2S. The van der Waals surface area contributed by atoms with Gasteiger partial charge in [-0.1, -0.05) is 49.9 Å². The number of imidazole rings is 1. The molecule has 0 N–H and O–H groups in total. The molecule has 5 aromatic rings. The number of carbonyl (C=O) groups excluding carboxylic acids is 1. The molecule has 0 aliphatic carbocycles. The fourth-order valence-electron chi connectivity index (χ4n) is 4.91. The monoisotopic (exact) mass is 587 g/mol. The molecule has 0 atom stereocenters. The third-order valence-corrected chi connectivity index (χ3v) is 7.73. The second-order valence-electron chi connectivity index (χ2n) is 9.93. The van der Waals surface area contributed by atoms with Crippen molar-refractivity contribution in [2.75, 3.05) is 10.7 Å². The Labute approximate surface area is 243 Å². The molecule has 1 aliphatic heterocycles. The lowest BCUT2D eigenvalue weighted by molar-refractivity contribution is -0.274. The molecule has 7 nitrogen and oxygen atoms in total. The van der Waals surface area contributed by atoms with Crippen molar-refractivity contribution in [2.45, 2.75) is 26.1 Å². The average Bonchev–Trinajstić information content (AvgIpc) is 3.56. The van der Waals surface area contributed by atoms with Gasteiger partial charge in [0.25, 0.3) is 0 Å². The molecule has 3 aromatic carbocycles. The minimum Gasteiger partial charge on any atom is -0.406 e. The van der Waals surface area contributed by atoms with Gasteiger partial charge in [0.15, 0.2) is 5.17 Å². The molecule has 3 heterocycles. The molecule has 1 amide bonds. The number of amidine groups is 1. The van der Waals surface area contributed by atoms with E-state index in [2.05, 4.69) is 33.8 Å². The highest BCUT2D eigenvalue weighted by molar-refractivity contribution is 8.15. The van der Waals surface area contributed by atoms with Gasteiger partial charge in [-0.15, -0.1) is 18.3 Å². The van der Waals surface area contributed by atoms with Gasteiger partial charge in [-0.05, 0) is 71.0 Å². The van der Waals surface area contributed by atoms with Crippen LogP contribution >= 0.6 is 11.8 Å². The molecule has 0 spiro atoms. The largest absolute Gasteiger partial charge is 0.573 e. The second kappa shape index (κ2) is 11.0. The summed E-state index contributed by atoms with van der Waals surface area (Å²) in [6, 6.07) is 21.3. The number of rotatable bonds is 6. The van der Waals surface area contributed by atoms with Crippen molar-refractivity contribution in [1.82, 2.24) is 9.38 Å². The number of ether oxygens (including phenoxy) is 1. The number of halogens is 3. The maximum atomic E-state index is 12.7. The number of thioether (sulfide) groups is 1. The summed E-state index contributed by atoms with van der Waals surface area (Å²) in [7, 11) is 0. The van der Waals surface area contributed by atoms with E-state index >= 15 is 0 Å². The predicted octanol–water partition coefficient (Wildman–Crippen LogP) is 7.65. The second-order valence-corrected chi connectivity index (χ2v) is 10.9. The van der Waals surface area contributed by atoms with Crippen LogP contribution in [0.15, 0.2) is 95.4 Å². The van der Waals surface area contributed by atoms with Crippen LogP contribution in [0.2, 0.25) is 0 Å². The summed E-state index contributed by atoms with van der Waals surface area (Å²) >= 11 is 1.36. The molecule has 1 saturated heterocycles. The highest BCUT2D eigenvalue weighted by atomic mass is 32.2. The third kappa shape index (κ3) is 5.47. The van der Waals surface area contributed by atoms with Gasteiger partial charge in [-0.2, -0.15) is 5.10 Å². The quantitative estimate of drug-likeness (QED) is 0.151. The van der Waals surface area contributed by atoms with Gasteiger partial charge < -0.3 is 4.74 Å². The van der Waals surface area contributed by atoms with E-state index in [1.165, 1.54) is 23.9 Å². The Kier molecular flexibility index (Phi) is 7.19. The van der Waals surface area contributed by atoms with Crippen LogP contribution in [0.1, 0.15) is 30.9 Å². The molecule has 0 unspecified atom stereocenters. The van der Waals surface area contributed by atoms with Crippen molar-refractivity contribution in [1.29, 1.82) is 0 Å². The van der Waals surface area contributed by atoms with Crippen LogP contribution in [0.5, 0.6) is 5.75 Å². The number of carbonyl (C=O) groups is 1. The molecule has 6 rings (SSSR count). The maximum Gasteiger partial charge on any atom is 0.573 e. The number of benzene rings is 3. The van der Waals surface area contributed by atoms with E-state index in [0.29, 0.717) is 22.1 Å².